The van der Waals surface area contributed by atoms with E-state index in [0.29, 0.717) is 29.0 Å². The van der Waals surface area contributed by atoms with E-state index in [1.807, 2.05) is 6.07 Å². The van der Waals surface area contributed by atoms with Gasteiger partial charge in [0.25, 0.3) is 11.8 Å². The van der Waals surface area contributed by atoms with Gasteiger partial charge in [-0.1, -0.05) is 30.7 Å². The quantitative estimate of drug-likeness (QED) is 0.483. The SMILES string of the molecule is CC(=O)OC1CCCCC1COc1cccc([C@H](O)CCN2C(=O)c3ccccc3C2=O)c1. The van der Waals surface area contributed by atoms with E-state index in [-0.39, 0.29) is 42.8 Å². The minimum atomic E-state index is -0.846. The highest BCUT2D eigenvalue weighted by Gasteiger charge is 2.35. The predicted molar refractivity (Wildman–Crippen MR) is 121 cm³/mol. The Morgan fingerprint density at radius 3 is 2.45 bits per heavy atom. The minimum Gasteiger partial charge on any atom is -0.493 e. The van der Waals surface area contributed by atoms with E-state index < -0.39 is 6.10 Å². The van der Waals surface area contributed by atoms with Gasteiger partial charge in [0, 0.05) is 19.4 Å². The summed E-state index contributed by atoms with van der Waals surface area (Å²) in [6, 6.07) is 13.9. The van der Waals surface area contributed by atoms with Gasteiger partial charge in [0.05, 0.1) is 23.8 Å². The fourth-order valence-electron chi connectivity index (χ4n) is 4.61. The van der Waals surface area contributed by atoms with Crippen molar-refractivity contribution in [3.63, 3.8) is 0 Å². The minimum absolute atomic E-state index is 0.121. The van der Waals surface area contributed by atoms with Crippen LogP contribution in [-0.2, 0) is 9.53 Å². The summed E-state index contributed by atoms with van der Waals surface area (Å²) in [5, 5.41) is 10.7. The monoisotopic (exact) mass is 451 g/mol. The summed E-state index contributed by atoms with van der Waals surface area (Å²) in [6.45, 7) is 2.00. The largest absolute Gasteiger partial charge is 0.493 e. The van der Waals surface area contributed by atoms with Crippen molar-refractivity contribution >= 4 is 17.8 Å². The average Bonchev–Trinajstić information content (AvgIpc) is 3.06. The molecular formula is C26H29NO6. The van der Waals surface area contributed by atoms with Crippen molar-refractivity contribution in [3.05, 3.63) is 65.2 Å². The summed E-state index contributed by atoms with van der Waals surface area (Å²) in [6.07, 6.45) is 3.19. The highest BCUT2D eigenvalue weighted by Crippen LogP contribution is 2.29. The second-order valence-electron chi connectivity index (χ2n) is 8.69. The Bertz CT molecular complexity index is 1000. The smallest absolute Gasteiger partial charge is 0.302 e. The predicted octanol–water partition coefficient (Wildman–Crippen LogP) is 3.91. The molecule has 7 nitrogen and oxygen atoms in total. The van der Waals surface area contributed by atoms with E-state index in [2.05, 4.69) is 0 Å². The van der Waals surface area contributed by atoms with Crippen molar-refractivity contribution in [2.45, 2.75) is 51.2 Å². The van der Waals surface area contributed by atoms with Crippen LogP contribution in [0.3, 0.4) is 0 Å². The van der Waals surface area contributed by atoms with Crippen molar-refractivity contribution in [1.29, 1.82) is 0 Å². The van der Waals surface area contributed by atoms with Crippen molar-refractivity contribution in [1.82, 2.24) is 4.90 Å². The van der Waals surface area contributed by atoms with E-state index in [1.165, 1.54) is 11.8 Å². The van der Waals surface area contributed by atoms with Crippen molar-refractivity contribution in [3.8, 4) is 5.75 Å². The molecule has 0 saturated heterocycles. The van der Waals surface area contributed by atoms with Gasteiger partial charge in [-0.25, -0.2) is 0 Å². The van der Waals surface area contributed by atoms with Crippen LogP contribution in [0.15, 0.2) is 48.5 Å². The number of esters is 1. The van der Waals surface area contributed by atoms with Crippen LogP contribution in [-0.4, -0.2) is 47.0 Å². The lowest BCUT2D eigenvalue weighted by atomic mass is 9.87. The number of carbonyl (C=O) groups is 3. The lowest BCUT2D eigenvalue weighted by Crippen LogP contribution is -2.33. The lowest BCUT2D eigenvalue weighted by molar-refractivity contribution is -0.151. The third-order valence-electron chi connectivity index (χ3n) is 6.37. The number of aliphatic hydroxyl groups is 1. The molecule has 2 aromatic carbocycles. The zero-order chi connectivity index (χ0) is 23.4. The zero-order valence-corrected chi connectivity index (χ0v) is 18.7. The summed E-state index contributed by atoms with van der Waals surface area (Å²) in [5.41, 5.74) is 1.47. The van der Waals surface area contributed by atoms with Crippen LogP contribution in [0.4, 0.5) is 0 Å². The summed E-state index contributed by atoms with van der Waals surface area (Å²) in [7, 11) is 0. The molecule has 7 heteroatoms. The Labute approximate surface area is 193 Å². The lowest BCUT2D eigenvalue weighted by Gasteiger charge is -2.30. The Balaban J connectivity index is 1.33. The topological polar surface area (TPSA) is 93.1 Å². The second-order valence-corrected chi connectivity index (χ2v) is 8.69. The number of carbonyl (C=O) groups excluding carboxylic acids is 3. The van der Waals surface area contributed by atoms with Gasteiger partial charge in [-0.05, 0) is 55.5 Å². The molecule has 3 atom stereocenters. The molecule has 2 aliphatic rings. The number of rotatable bonds is 8. The highest BCUT2D eigenvalue weighted by molar-refractivity contribution is 6.21. The maximum atomic E-state index is 12.5. The molecule has 0 bridgehead atoms. The molecule has 1 fully saturated rings. The van der Waals surface area contributed by atoms with E-state index in [9.17, 15) is 19.5 Å². The molecule has 1 aliphatic heterocycles. The maximum absolute atomic E-state index is 12.5. The van der Waals surface area contributed by atoms with Crippen LogP contribution < -0.4 is 4.74 Å². The molecule has 1 aliphatic carbocycles. The first-order chi connectivity index (χ1) is 15.9. The zero-order valence-electron chi connectivity index (χ0n) is 18.7. The van der Waals surface area contributed by atoms with Crippen LogP contribution in [0, 0.1) is 5.92 Å². The Kier molecular flexibility index (Phi) is 7.08. The van der Waals surface area contributed by atoms with Gasteiger partial charge >= 0.3 is 5.97 Å². The van der Waals surface area contributed by atoms with Gasteiger partial charge in [-0.15, -0.1) is 0 Å². The molecule has 1 heterocycles. The van der Waals surface area contributed by atoms with E-state index in [1.54, 1.807) is 42.5 Å². The van der Waals surface area contributed by atoms with Gasteiger partial charge in [-0.3, -0.25) is 19.3 Å². The first-order valence-corrected chi connectivity index (χ1v) is 11.5. The molecule has 2 unspecified atom stereocenters. The molecule has 1 saturated carbocycles. The molecule has 174 valence electrons. The number of hydrogen-bond acceptors (Lipinski definition) is 6. The third-order valence-corrected chi connectivity index (χ3v) is 6.37. The van der Waals surface area contributed by atoms with E-state index >= 15 is 0 Å². The third kappa shape index (κ3) is 5.25. The first kappa shape index (κ1) is 23.0. The van der Waals surface area contributed by atoms with Crippen LogP contribution in [0.1, 0.15) is 71.4 Å². The molecule has 2 amide bonds. The van der Waals surface area contributed by atoms with Crippen LogP contribution >= 0.6 is 0 Å². The fraction of sp³-hybridized carbons (Fsp3) is 0.423. The van der Waals surface area contributed by atoms with Gasteiger partial charge in [0.1, 0.15) is 11.9 Å². The number of ether oxygens (including phenoxy) is 2. The number of hydrogen-bond donors (Lipinski definition) is 1. The fourth-order valence-corrected chi connectivity index (χ4v) is 4.61. The maximum Gasteiger partial charge on any atom is 0.302 e. The highest BCUT2D eigenvalue weighted by atomic mass is 16.5. The second kappa shape index (κ2) is 10.2. The van der Waals surface area contributed by atoms with Crippen LogP contribution in [0.25, 0.3) is 0 Å². The standard InChI is InChI=1S/C26H29NO6/c1-17(28)33-24-12-5-2-7-19(24)16-32-20-9-6-8-18(15-20)23(29)13-14-27-25(30)21-10-3-4-11-22(21)26(27)31/h3-4,6,8-11,15,19,23-24,29H,2,5,7,12-14,16H2,1H3/t19?,23-,24?/m1/s1. The van der Waals surface area contributed by atoms with Crippen molar-refractivity contribution < 1.29 is 29.0 Å². The van der Waals surface area contributed by atoms with Gasteiger partial charge in [-0.2, -0.15) is 0 Å². The van der Waals surface area contributed by atoms with E-state index in [0.717, 1.165) is 25.7 Å². The molecular weight excluding hydrogens is 422 g/mol. The molecule has 0 radical (unpaired) electrons. The van der Waals surface area contributed by atoms with Crippen LogP contribution in [0.2, 0.25) is 0 Å². The Hall–Kier alpha value is -3.19. The average molecular weight is 452 g/mol. The summed E-state index contributed by atoms with van der Waals surface area (Å²) in [5.74, 6) is -0.149. The molecule has 4 rings (SSSR count). The molecule has 0 aromatic heterocycles. The van der Waals surface area contributed by atoms with Crippen molar-refractivity contribution in [2.24, 2.45) is 5.92 Å². The number of nitrogens with zero attached hydrogens (tertiary/aromatic N) is 1. The summed E-state index contributed by atoms with van der Waals surface area (Å²) >= 11 is 0. The molecule has 1 N–H and O–H groups in total. The van der Waals surface area contributed by atoms with Gasteiger partial charge in [0.15, 0.2) is 0 Å². The summed E-state index contributed by atoms with van der Waals surface area (Å²) < 4.78 is 11.4. The number of imide groups is 1. The van der Waals surface area contributed by atoms with Gasteiger partial charge < -0.3 is 14.6 Å². The van der Waals surface area contributed by atoms with E-state index in [4.69, 9.17) is 9.47 Å². The summed E-state index contributed by atoms with van der Waals surface area (Å²) in [4.78, 5) is 37.6. The van der Waals surface area contributed by atoms with Crippen molar-refractivity contribution in [2.75, 3.05) is 13.2 Å². The number of aliphatic hydroxyl groups excluding tert-OH is 1. The number of fused-ring (bicyclic) bond motifs is 1. The molecule has 0 spiro atoms. The van der Waals surface area contributed by atoms with Gasteiger partial charge in [0.2, 0.25) is 0 Å². The molecule has 2 aromatic rings. The molecule has 33 heavy (non-hydrogen) atoms. The Morgan fingerprint density at radius 2 is 1.76 bits per heavy atom. The first-order valence-electron chi connectivity index (χ1n) is 11.5. The number of amides is 2. The number of benzene rings is 2. The Morgan fingerprint density at radius 1 is 1.06 bits per heavy atom. The normalized spacial score (nSPS) is 21.0. The van der Waals surface area contributed by atoms with Crippen LogP contribution in [0.5, 0.6) is 5.75 Å².